The van der Waals surface area contributed by atoms with E-state index in [9.17, 15) is 0 Å². The third-order valence-corrected chi connectivity index (χ3v) is 3.69. The highest BCUT2D eigenvalue weighted by atomic mass is 16.2. The predicted octanol–water partition coefficient (Wildman–Crippen LogP) is 3.67. The van der Waals surface area contributed by atoms with Crippen molar-refractivity contribution in [2.24, 2.45) is 0 Å². The minimum Gasteiger partial charge on any atom is -0.396 e. The maximum absolute atomic E-state index is 9.06. The topological polar surface area (TPSA) is 56.0 Å². The molecule has 23 heavy (non-hydrogen) atoms. The third kappa shape index (κ3) is 5.71. The quantitative estimate of drug-likeness (QED) is 0.782. The molecule has 0 aromatic heterocycles. The number of nitrogens with zero attached hydrogens (tertiary/aromatic N) is 1. The number of hydrogen-bond acceptors (Lipinski definition) is 3. The van der Waals surface area contributed by atoms with Gasteiger partial charge in [-0.15, -0.1) is 0 Å². The molecule has 3 heteroatoms. The average Bonchev–Trinajstić information content (AvgIpc) is 2.62. The fourth-order valence-corrected chi connectivity index (χ4v) is 2.44. The molecule has 0 saturated carbocycles. The Hall–Kier alpha value is -2.41. The molecule has 0 spiro atoms. The highest BCUT2D eigenvalue weighted by Crippen LogP contribution is 2.17. The molecule has 0 amide bonds. The Morgan fingerprint density at radius 2 is 1.83 bits per heavy atom. The van der Waals surface area contributed by atoms with Crippen LogP contribution in [-0.2, 0) is 0 Å². The van der Waals surface area contributed by atoms with Gasteiger partial charge in [-0.2, -0.15) is 5.26 Å². The first-order chi connectivity index (χ1) is 11.3. The Morgan fingerprint density at radius 3 is 2.48 bits per heavy atom. The third-order valence-electron chi connectivity index (χ3n) is 3.69. The van der Waals surface area contributed by atoms with Gasteiger partial charge >= 0.3 is 0 Å². The Kier molecular flexibility index (Phi) is 7.06. The lowest BCUT2D eigenvalue weighted by Crippen LogP contribution is -2.21. The minimum atomic E-state index is 0.214. The lowest BCUT2D eigenvalue weighted by Gasteiger charge is -2.18. The van der Waals surface area contributed by atoms with Crippen molar-refractivity contribution in [2.75, 3.05) is 13.2 Å². The molecule has 1 unspecified atom stereocenters. The van der Waals surface area contributed by atoms with E-state index in [1.54, 1.807) is 0 Å². The molecule has 2 aromatic rings. The van der Waals surface area contributed by atoms with Crippen molar-refractivity contribution in [1.29, 1.82) is 5.26 Å². The van der Waals surface area contributed by atoms with E-state index >= 15 is 0 Å². The summed E-state index contributed by atoms with van der Waals surface area (Å²) < 4.78 is 0. The van der Waals surface area contributed by atoms with Crippen LogP contribution in [0.5, 0.6) is 0 Å². The van der Waals surface area contributed by atoms with Gasteiger partial charge in [0.15, 0.2) is 0 Å². The van der Waals surface area contributed by atoms with Crippen LogP contribution in [0.4, 0.5) is 0 Å². The van der Waals surface area contributed by atoms with Crippen LogP contribution in [0.25, 0.3) is 6.08 Å². The average molecular weight is 306 g/mol. The number of nitrogens with one attached hydrogen (secondary N) is 1. The number of nitriles is 1. The molecule has 118 valence electrons. The SMILES string of the molecule is N#Cc1ccc(/C=C/CNC(CCCO)c2ccccc2)cc1. The second-order valence-electron chi connectivity index (χ2n) is 5.37. The molecule has 0 aliphatic heterocycles. The van der Waals surface area contributed by atoms with E-state index in [1.165, 1.54) is 5.56 Å². The minimum absolute atomic E-state index is 0.214. The number of hydrogen-bond donors (Lipinski definition) is 2. The second-order valence-corrected chi connectivity index (χ2v) is 5.37. The van der Waals surface area contributed by atoms with Gasteiger partial charge < -0.3 is 10.4 Å². The molecule has 0 radical (unpaired) electrons. The lowest BCUT2D eigenvalue weighted by molar-refractivity contribution is 0.276. The van der Waals surface area contributed by atoms with Crippen LogP contribution < -0.4 is 5.32 Å². The van der Waals surface area contributed by atoms with Gasteiger partial charge in [-0.05, 0) is 36.1 Å². The first kappa shape index (κ1) is 17.0. The maximum atomic E-state index is 9.06. The fraction of sp³-hybridized carbons (Fsp3) is 0.250. The molecule has 2 N–H and O–H groups in total. The number of benzene rings is 2. The first-order valence-electron chi connectivity index (χ1n) is 7.89. The standard InChI is InChI=1S/C20H22N2O/c21-16-18-12-10-17(11-13-18)6-4-14-22-20(9-5-15-23)19-7-2-1-3-8-19/h1-4,6-8,10-13,20,22-23H,5,9,14-15H2/b6-4+. The van der Waals surface area contributed by atoms with Gasteiger partial charge in [-0.25, -0.2) is 0 Å². The van der Waals surface area contributed by atoms with Crippen LogP contribution >= 0.6 is 0 Å². The summed E-state index contributed by atoms with van der Waals surface area (Å²) in [6.45, 7) is 0.969. The Labute approximate surface area is 137 Å². The highest BCUT2D eigenvalue weighted by molar-refractivity contribution is 5.51. The maximum Gasteiger partial charge on any atom is 0.0991 e. The van der Waals surface area contributed by atoms with E-state index < -0.39 is 0 Å². The molecular weight excluding hydrogens is 284 g/mol. The van der Waals surface area contributed by atoms with E-state index in [0.717, 1.165) is 24.9 Å². The van der Waals surface area contributed by atoms with Crippen LogP contribution in [0, 0.1) is 11.3 Å². The van der Waals surface area contributed by atoms with Crippen molar-refractivity contribution in [2.45, 2.75) is 18.9 Å². The van der Waals surface area contributed by atoms with Gasteiger partial charge in [-0.3, -0.25) is 0 Å². The fourth-order valence-electron chi connectivity index (χ4n) is 2.44. The van der Waals surface area contributed by atoms with Gasteiger partial charge in [0, 0.05) is 19.2 Å². The van der Waals surface area contributed by atoms with E-state index in [-0.39, 0.29) is 12.6 Å². The molecular formula is C20H22N2O. The zero-order valence-corrected chi connectivity index (χ0v) is 13.2. The van der Waals surface area contributed by atoms with Gasteiger partial charge in [0.1, 0.15) is 0 Å². The number of aliphatic hydroxyl groups excluding tert-OH is 1. The predicted molar refractivity (Wildman–Crippen MR) is 93.7 cm³/mol. The molecule has 0 saturated heterocycles. The second kappa shape index (κ2) is 9.58. The normalized spacial score (nSPS) is 12.2. The Balaban J connectivity index is 1.90. The summed E-state index contributed by atoms with van der Waals surface area (Å²) in [4.78, 5) is 0. The van der Waals surface area contributed by atoms with Crippen LogP contribution in [0.2, 0.25) is 0 Å². The molecule has 2 aromatic carbocycles. The highest BCUT2D eigenvalue weighted by Gasteiger charge is 2.08. The molecule has 0 aliphatic carbocycles. The molecule has 0 fully saturated rings. The largest absolute Gasteiger partial charge is 0.396 e. The van der Waals surface area contributed by atoms with Crippen molar-refractivity contribution in [3.8, 4) is 6.07 Å². The zero-order chi connectivity index (χ0) is 16.3. The summed E-state index contributed by atoms with van der Waals surface area (Å²) in [6.07, 6.45) is 5.82. The summed E-state index contributed by atoms with van der Waals surface area (Å²) in [6, 6.07) is 20.2. The number of rotatable bonds is 8. The molecule has 0 heterocycles. The van der Waals surface area contributed by atoms with Crippen LogP contribution in [0.3, 0.4) is 0 Å². The van der Waals surface area contributed by atoms with Crippen molar-refractivity contribution in [3.63, 3.8) is 0 Å². The van der Waals surface area contributed by atoms with E-state index in [4.69, 9.17) is 10.4 Å². The molecule has 0 aliphatic rings. The van der Waals surface area contributed by atoms with Crippen molar-refractivity contribution in [3.05, 3.63) is 77.4 Å². The van der Waals surface area contributed by atoms with Crippen molar-refractivity contribution < 1.29 is 5.11 Å². The van der Waals surface area contributed by atoms with Crippen LogP contribution in [-0.4, -0.2) is 18.3 Å². The van der Waals surface area contributed by atoms with Crippen LogP contribution in [0.1, 0.15) is 35.6 Å². The molecule has 1 atom stereocenters. The summed E-state index contributed by atoms with van der Waals surface area (Å²) in [5.74, 6) is 0. The summed E-state index contributed by atoms with van der Waals surface area (Å²) in [5, 5.41) is 21.4. The van der Waals surface area contributed by atoms with Gasteiger partial charge in [0.25, 0.3) is 0 Å². The monoisotopic (exact) mass is 306 g/mol. The smallest absolute Gasteiger partial charge is 0.0991 e. The van der Waals surface area contributed by atoms with Gasteiger partial charge in [0.2, 0.25) is 0 Å². The van der Waals surface area contributed by atoms with E-state index in [0.29, 0.717) is 5.56 Å². The van der Waals surface area contributed by atoms with Crippen LogP contribution in [0.15, 0.2) is 60.7 Å². The summed E-state index contributed by atoms with van der Waals surface area (Å²) in [5.41, 5.74) is 3.00. The zero-order valence-electron chi connectivity index (χ0n) is 13.2. The molecule has 2 rings (SSSR count). The Morgan fingerprint density at radius 1 is 1.09 bits per heavy atom. The van der Waals surface area contributed by atoms with Gasteiger partial charge in [0.05, 0.1) is 11.6 Å². The van der Waals surface area contributed by atoms with Crippen molar-refractivity contribution >= 4 is 6.08 Å². The molecule has 0 bridgehead atoms. The number of aliphatic hydroxyl groups is 1. The van der Waals surface area contributed by atoms with Crippen molar-refractivity contribution in [1.82, 2.24) is 5.32 Å². The van der Waals surface area contributed by atoms with E-state index in [1.807, 2.05) is 48.5 Å². The first-order valence-corrected chi connectivity index (χ1v) is 7.89. The lowest BCUT2D eigenvalue weighted by atomic mass is 10.0. The van der Waals surface area contributed by atoms with Gasteiger partial charge in [-0.1, -0.05) is 54.6 Å². The summed E-state index contributed by atoms with van der Waals surface area (Å²) in [7, 11) is 0. The molecule has 3 nitrogen and oxygen atoms in total. The Bertz CT molecular complexity index is 642. The summed E-state index contributed by atoms with van der Waals surface area (Å²) >= 11 is 0. The van der Waals surface area contributed by atoms with E-state index in [2.05, 4.69) is 29.6 Å².